The lowest BCUT2D eigenvalue weighted by Gasteiger charge is -2.44. The van der Waals surface area contributed by atoms with Gasteiger partial charge in [-0.2, -0.15) is 0 Å². The van der Waals surface area contributed by atoms with Crippen molar-refractivity contribution in [2.24, 2.45) is 5.92 Å². The zero-order valence-electron chi connectivity index (χ0n) is 19.5. The monoisotopic (exact) mass is 407 g/mol. The van der Waals surface area contributed by atoms with Gasteiger partial charge in [0.25, 0.3) is 0 Å². The van der Waals surface area contributed by atoms with Crippen LogP contribution in [-0.2, 0) is 9.53 Å². The van der Waals surface area contributed by atoms with Gasteiger partial charge >= 0.3 is 5.97 Å². The molecule has 29 heavy (non-hydrogen) atoms. The van der Waals surface area contributed by atoms with Crippen molar-refractivity contribution in [1.29, 1.82) is 0 Å². The molecule has 0 aromatic rings. The Balaban J connectivity index is 1.37. The van der Waals surface area contributed by atoms with Crippen LogP contribution in [0.2, 0.25) is 0 Å². The van der Waals surface area contributed by atoms with Crippen molar-refractivity contribution in [3.8, 4) is 0 Å². The van der Waals surface area contributed by atoms with Crippen molar-refractivity contribution in [3.05, 3.63) is 0 Å². The molecule has 170 valence electrons. The standard InChI is InChI=1S/C26H49NO2/c1-2-3-4-5-6-7-8-9-10-11-12-13-14-20-26(28)29-23-24-18-17-22-27-21-16-15-19-25(24)27/h24-25H,2-23H2,1H3/t24-,25+/m0/s1. The molecular formula is C26H49NO2. The average Bonchev–Trinajstić information content (AvgIpc) is 2.75. The Hall–Kier alpha value is -0.570. The number of piperidine rings is 2. The molecule has 2 aliphatic heterocycles. The van der Waals surface area contributed by atoms with Gasteiger partial charge in [-0.3, -0.25) is 9.69 Å². The maximum absolute atomic E-state index is 12.1. The molecule has 0 spiro atoms. The first kappa shape index (κ1) is 24.7. The Bertz CT molecular complexity index is 410. The molecule has 2 fully saturated rings. The Labute approximate surface area is 181 Å². The summed E-state index contributed by atoms with van der Waals surface area (Å²) in [6.07, 6.45) is 24.6. The van der Waals surface area contributed by atoms with Gasteiger partial charge in [-0.25, -0.2) is 0 Å². The summed E-state index contributed by atoms with van der Waals surface area (Å²) in [4.78, 5) is 14.8. The summed E-state index contributed by atoms with van der Waals surface area (Å²) in [7, 11) is 0. The van der Waals surface area contributed by atoms with Crippen molar-refractivity contribution in [2.75, 3.05) is 19.7 Å². The number of hydrogen-bond acceptors (Lipinski definition) is 3. The summed E-state index contributed by atoms with van der Waals surface area (Å²) in [5.74, 6) is 0.626. The van der Waals surface area contributed by atoms with Gasteiger partial charge in [0.2, 0.25) is 0 Å². The number of rotatable bonds is 16. The quantitative estimate of drug-likeness (QED) is 0.199. The SMILES string of the molecule is CCCCCCCCCCCCCCCC(=O)OC[C@@H]1CCCN2CCCC[C@H]12. The first-order chi connectivity index (χ1) is 14.3. The summed E-state index contributed by atoms with van der Waals surface area (Å²) in [5.41, 5.74) is 0. The molecular weight excluding hydrogens is 358 g/mol. The van der Waals surface area contributed by atoms with Crippen LogP contribution in [0.4, 0.5) is 0 Å². The molecule has 2 aliphatic rings. The van der Waals surface area contributed by atoms with Crippen molar-refractivity contribution >= 4 is 5.97 Å². The van der Waals surface area contributed by atoms with E-state index in [1.165, 1.54) is 122 Å². The second-order valence-corrected chi connectivity index (χ2v) is 9.68. The summed E-state index contributed by atoms with van der Waals surface area (Å²) >= 11 is 0. The highest BCUT2D eigenvalue weighted by Crippen LogP contribution is 2.31. The van der Waals surface area contributed by atoms with E-state index >= 15 is 0 Å². The Kier molecular flexibility index (Phi) is 13.8. The van der Waals surface area contributed by atoms with E-state index in [1.54, 1.807) is 0 Å². The molecule has 2 atom stereocenters. The smallest absolute Gasteiger partial charge is 0.305 e. The number of fused-ring (bicyclic) bond motifs is 1. The summed E-state index contributed by atoms with van der Waals surface area (Å²) in [6, 6.07) is 0.682. The van der Waals surface area contributed by atoms with Gasteiger partial charge < -0.3 is 4.74 Å². The van der Waals surface area contributed by atoms with Crippen LogP contribution in [0.15, 0.2) is 0 Å². The number of nitrogens with zero attached hydrogens (tertiary/aromatic N) is 1. The number of ether oxygens (including phenoxy) is 1. The number of carbonyl (C=O) groups excluding carboxylic acids is 1. The molecule has 0 aliphatic carbocycles. The molecule has 0 radical (unpaired) electrons. The molecule has 0 amide bonds. The second-order valence-electron chi connectivity index (χ2n) is 9.68. The third-order valence-corrected chi connectivity index (χ3v) is 7.17. The lowest BCUT2D eigenvalue weighted by Crippen LogP contribution is -2.49. The fraction of sp³-hybridized carbons (Fsp3) is 0.962. The average molecular weight is 408 g/mol. The van der Waals surface area contributed by atoms with Crippen molar-refractivity contribution in [3.63, 3.8) is 0 Å². The van der Waals surface area contributed by atoms with Crippen molar-refractivity contribution in [2.45, 2.75) is 135 Å². The Morgan fingerprint density at radius 2 is 1.34 bits per heavy atom. The second kappa shape index (κ2) is 16.2. The highest BCUT2D eigenvalue weighted by Gasteiger charge is 2.33. The number of unbranched alkanes of at least 4 members (excludes halogenated alkanes) is 12. The normalized spacial score (nSPS) is 22.4. The number of esters is 1. The van der Waals surface area contributed by atoms with Gasteiger partial charge in [0.15, 0.2) is 0 Å². The minimum absolute atomic E-state index is 0.0426. The van der Waals surface area contributed by atoms with E-state index in [4.69, 9.17) is 4.74 Å². The molecule has 2 saturated heterocycles. The minimum Gasteiger partial charge on any atom is -0.465 e. The van der Waals surface area contributed by atoms with Crippen LogP contribution in [0.25, 0.3) is 0 Å². The molecule has 0 bridgehead atoms. The maximum Gasteiger partial charge on any atom is 0.305 e. The molecule has 0 aromatic heterocycles. The fourth-order valence-electron chi connectivity index (χ4n) is 5.33. The van der Waals surface area contributed by atoms with Gasteiger partial charge in [-0.15, -0.1) is 0 Å². The van der Waals surface area contributed by atoms with Crippen LogP contribution >= 0.6 is 0 Å². The fourth-order valence-corrected chi connectivity index (χ4v) is 5.33. The predicted octanol–water partition coefficient (Wildman–Crippen LogP) is 7.28. The van der Waals surface area contributed by atoms with E-state index in [1.807, 2.05) is 0 Å². The highest BCUT2D eigenvalue weighted by atomic mass is 16.5. The van der Waals surface area contributed by atoms with Crippen LogP contribution in [0.1, 0.15) is 129 Å². The lowest BCUT2D eigenvalue weighted by atomic mass is 9.84. The topological polar surface area (TPSA) is 29.5 Å². The van der Waals surface area contributed by atoms with Crippen LogP contribution < -0.4 is 0 Å². The summed E-state index contributed by atoms with van der Waals surface area (Å²) in [5, 5.41) is 0. The Morgan fingerprint density at radius 1 is 0.759 bits per heavy atom. The molecule has 2 heterocycles. The molecule has 0 N–H and O–H groups in total. The van der Waals surface area contributed by atoms with E-state index in [0.717, 1.165) is 6.42 Å². The van der Waals surface area contributed by atoms with Gasteiger partial charge in [0, 0.05) is 18.4 Å². The van der Waals surface area contributed by atoms with Crippen LogP contribution in [0.5, 0.6) is 0 Å². The first-order valence-corrected chi connectivity index (χ1v) is 13.2. The third-order valence-electron chi connectivity index (χ3n) is 7.17. The van der Waals surface area contributed by atoms with Crippen molar-refractivity contribution < 1.29 is 9.53 Å². The maximum atomic E-state index is 12.1. The largest absolute Gasteiger partial charge is 0.465 e. The lowest BCUT2D eigenvalue weighted by molar-refractivity contribution is -0.146. The summed E-state index contributed by atoms with van der Waals surface area (Å²) < 4.78 is 5.67. The van der Waals surface area contributed by atoms with Crippen LogP contribution in [0.3, 0.4) is 0 Å². The minimum atomic E-state index is 0.0426. The number of carbonyl (C=O) groups is 1. The zero-order chi connectivity index (χ0) is 20.6. The molecule has 0 saturated carbocycles. The Morgan fingerprint density at radius 3 is 2.00 bits per heavy atom. The van der Waals surface area contributed by atoms with E-state index in [2.05, 4.69) is 11.8 Å². The summed E-state index contributed by atoms with van der Waals surface area (Å²) in [6.45, 7) is 5.46. The molecule has 0 unspecified atom stereocenters. The van der Waals surface area contributed by atoms with E-state index in [0.29, 0.717) is 25.0 Å². The van der Waals surface area contributed by atoms with Crippen LogP contribution in [0, 0.1) is 5.92 Å². The van der Waals surface area contributed by atoms with Crippen LogP contribution in [-0.4, -0.2) is 36.6 Å². The molecule has 0 aromatic carbocycles. The van der Waals surface area contributed by atoms with Crippen molar-refractivity contribution in [1.82, 2.24) is 4.90 Å². The molecule has 3 heteroatoms. The predicted molar refractivity (Wildman–Crippen MR) is 123 cm³/mol. The van der Waals surface area contributed by atoms with Gasteiger partial charge in [-0.05, 0) is 45.2 Å². The van der Waals surface area contributed by atoms with Gasteiger partial charge in [0.1, 0.15) is 0 Å². The third kappa shape index (κ3) is 10.9. The van der Waals surface area contributed by atoms with Gasteiger partial charge in [0.05, 0.1) is 6.61 Å². The molecule has 3 nitrogen and oxygen atoms in total. The van der Waals surface area contributed by atoms with E-state index in [-0.39, 0.29) is 5.97 Å². The molecule has 2 rings (SSSR count). The van der Waals surface area contributed by atoms with E-state index < -0.39 is 0 Å². The zero-order valence-corrected chi connectivity index (χ0v) is 19.5. The number of hydrogen-bond donors (Lipinski definition) is 0. The van der Waals surface area contributed by atoms with E-state index in [9.17, 15) is 4.79 Å². The highest BCUT2D eigenvalue weighted by molar-refractivity contribution is 5.69. The van der Waals surface area contributed by atoms with Gasteiger partial charge in [-0.1, -0.05) is 90.4 Å². The first-order valence-electron chi connectivity index (χ1n) is 13.2.